The first-order valence-electron chi connectivity index (χ1n) is 7.66. The monoisotopic (exact) mass is 269 g/mol. The van der Waals surface area contributed by atoms with Crippen LogP contribution in [0, 0.1) is 11.8 Å². The third-order valence-corrected chi connectivity index (χ3v) is 4.93. The van der Waals surface area contributed by atoms with Gasteiger partial charge in [0.05, 0.1) is 11.1 Å². The number of nitrogens with zero attached hydrogens (tertiary/aromatic N) is 1. The maximum Gasteiger partial charge on any atom is 0.0911 e. The summed E-state index contributed by atoms with van der Waals surface area (Å²) in [5.41, 5.74) is 1.30. The molecule has 20 heavy (non-hydrogen) atoms. The van der Waals surface area contributed by atoms with Crippen molar-refractivity contribution in [3.63, 3.8) is 0 Å². The lowest BCUT2D eigenvalue weighted by Gasteiger charge is -2.37. The van der Waals surface area contributed by atoms with Crippen LogP contribution in [0.1, 0.15) is 45.1 Å². The van der Waals surface area contributed by atoms with Crippen molar-refractivity contribution in [2.45, 2.75) is 45.1 Å². The number of para-hydroxylation sites is 1. The van der Waals surface area contributed by atoms with Gasteiger partial charge in [0.25, 0.3) is 0 Å². The van der Waals surface area contributed by atoms with Crippen molar-refractivity contribution >= 4 is 10.9 Å². The first-order chi connectivity index (χ1) is 9.58. The highest BCUT2D eigenvalue weighted by atomic mass is 16.3. The molecule has 1 aromatic heterocycles. The lowest BCUT2D eigenvalue weighted by molar-refractivity contribution is -0.0201. The third-order valence-electron chi connectivity index (χ3n) is 4.93. The predicted octanol–water partition coefficient (Wildman–Crippen LogP) is 4.27. The normalized spacial score (nSPS) is 27.1. The quantitative estimate of drug-likeness (QED) is 0.883. The number of aromatic nitrogens is 1. The van der Waals surface area contributed by atoms with E-state index in [4.69, 9.17) is 0 Å². The molecule has 0 saturated heterocycles. The molecule has 1 aliphatic rings. The highest BCUT2D eigenvalue weighted by molar-refractivity contribution is 5.78. The Hall–Kier alpha value is -1.41. The summed E-state index contributed by atoms with van der Waals surface area (Å²) < 4.78 is 0. The second-order valence-electron chi connectivity index (χ2n) is 6.53. The van der Waals surface area contributed by atoms with Crippen LogP contribution >= 0.6 is 0 Å². The van der Waals surface area contributed by atoms with Gasteiger partial charge in [0.1, 0.15) is 0 Å². The van der Waals surface area contributed by atoms with E-state index in [9.17, 15) is 5.11 Å². The Labute approximate surface area is 120 Å². The zero-order chi connectivity index (χ0) is 14.2. The molecule has 0 radical (unpaired) electrons. The second kappa shape index (κ2) is 5.17. The Morgan fingerprint density at radius 1 is 1.20 bits per heavy atom. The molecule has 2 aromatic rings. The van der Waals surface area contributed by atoms with Gasteiger partial charge in [-0.1, -0.05) is 32.0 Å². The van der Waals surface area contributed by atoms with E-state index in [2.05, 4.69) is 31.0 Å². The number of hydrogen-bond donors (Lipinski definition) is 1. The number of benzene rings is 1. The van der Waals surface area contributed by atoms with E-state index in [0.717, 1.165) is 48.1 Å². The van der Waals surface area contributed by atoms with Gasteiger partial charge < -0.3 is 5.11 Å². The molecule has 1 N–H and O–H groups in total. The molecule has 0 unspecified atom stereocenters. The number of pyridine rings is 1. The van der Waals surface area contributed by atoms with E-state index in [0.29, 0.717) is 5.92 Å². The number of aliphatic hydroxyl groups is 1. The predicted molar refractivity (Wildman–Crippen MR) is 82.4 cm³/mol. The molecule has 2 heteroatoms. The minimum Gasteiger partial charge on any atom is -0.385 e. The Kier molecular flexibility index (Phi) is 3.51. The van der Waals surface area contributed by atoms with Crippen LogP contribution in [-0.4, -0.2) is 10.1 Å². The number of rotatable bonds is 2. The van der Waals surface area contributed by atoms with Gasteiger partial charge in [-0.25, -0.2) is 0 Å². The summed E-state index contributed by atoms with van der Waals surface area (Å²) in [7, 11) is 0. The van der Waals surface area contributed by atoms with Crippen LogP contribution < -0.4 is 0 Å². The molecular formula is C18H23NO. The van der Waals surface area contributed by atoms with Crippen molar-refractivity contribution in [3.05, 3.63) is 42.1 Å². The van der Waals surface area contributed by atoms with Crippen molar-refractivity contribution in [2.75, 3.05) is 0 Å². The van der Waals surface area contributed by atoms with Gasteiger partial charge >= 0.3 is 0 Å². The van der Waals surface area contributed by atoms with Crippen molar-refractivity contribution in [3.8, 4) is 0 Å². The molecule has 0 amide bonds. The zero-order valence-electron chi connectivity index (χ0n) is 12.3. The molecule has 1 saturated carbocycles. The minimum atomic E-state index is -0.678. The maximum absolute atomic E-state index is 11.0. The Morgan fingerprint density at radius 2 is 1.90 bits per heavy atom. The number of hydrogen-bond acceptors (Lipinski definition) is 2. The van der Waals surface area contributed by atoms with E-state index in [-0.39, 0.29) is 0 Å². The van der Waals surface area contributed by atoms with Crippen LogP contribution in [0.2, 0.25) is 0 Å². The van der Waals surface area contributed by atoms with Gasteiger partial charge in [0.15, 0.2) is 0 Å². The largest absolute Gasteiger partial charge is 0.385 e. The first-order valence-corrected chi connectivity index (χ1v) is 7.66. The maximum atomic E-state index is 11.0. The van der Waals surface area contributed by atoms with Crippen molar-refractivity contribution in [1.82, 2.24) is 4.98 Å². The summed E-state index contributed by atoms with van der Waals surface area (Å²) >= 11 is 0. The molecule has 1 aromatic carbocycles. The summed E-state index contributed by atoms with van der Waals surface area (Å²) in [6, 6.07) is 10.2. The van der Waals surface area contributed by atoms with Gasteiger partial charge in [-0.2, -0.15) is 0 Å². The van der Waals surface area contributed by atoms with Gasteiger partial charge in [-0.05, 0) is 49.7 Å². The third kappa shape index (κ3) is 2.45. The molecule has 106 valence electrons. The van der Waals surface area contributed by atoms with Gasteiger partial charge in [-0.15, -0.1) is 0 Å². The molecule has 3 rings (SSSR count). The summed E-state index contributed by atoms with van der Waals surface area (Å²) in [6.45, 7) is 4.57. The fourth-order valence-electron chi connectivity index (χ4n) is 3.40. The molecule has 0 bridgehead atoms. The van der Waals surface area contributed by atoms with Gasteiger partial charge in [0, 0.05) is 17.1 Å². The first kappa shape index (κ1) is 13.6. The van der Waals surface area contributed by atoms with E-state index in [1.54, 1.807) is 0 Å². The number of fused-ring (bicyclic) bond motifs is 1. The van der Waals surface area contributed by atoms with Gasteiger partial charge in [0.2, 0.25) is 0 Å². The Bertz CT molecular complexity index is 597. The smallest absolute Gasteiger partial charge is 0.0911 e. The van der Waals surface area contributed by atoms with Gasteiger partial charge in [-0.3, -0.25) is 4.98 Å². The Morgan fingerprint density at radius 3 is 2.60 bits per heavy atom. The molecular weight excluding hydrogens is 246 g/mol. The fourth-order valence-corrected chi connectivity index (χ4v) is 3.40. The molecule has 1 aliphatic carbocycles. The fraction of sp³-hybridized carbons (Fsp3) is 0.500. The minimum absolute atomic E-state index is 0.678. The van der Waals surface area contributed by atoms with Crippen LogP contribution in [0.25, 0.3) is 10.9 Å². The molecule has 1 heterocycles. The van der Waals surface area contributed by atoms with Crippen molar-refractivity contribution < 1.29 is 5.11 Å². The highest BCUT2D eigenvalue weighted by Crippen LogP contribution is 2.41. The van der Waals surface area contributed by atoms with Crippen molar-refractivity contribution in [2.24, 2.45) is 11.8 Å². The van der Waals surface area contributed by atoms with E-state index in [1.165, 1.54) is 0 Å². The van der Waals surface area contributed by atoms with Crippen LogP contribution in [0.3, 0.4) is 0 Å². The Balaban J connectivity index is 1.87. The summed E-state index contributed by atoms with van der Waals surface area (Å²) in [5.74, 6) is 1.47. The molecule has 2 nitrogen and oxygen atoms in total. The average Bonchev–Trinajstić information content (AvgIpc) is 2.47. The van der Waals surface area contributed by atoms with Crippen LogP contribution in [0.4, 0.5) is 0 Å². The zero-order valence-corrected chi connectivity index (χ0v) is 12.3. The topological polar surface area (TPSA) is 33.1 Å². The second-order valence-corrected chi connectivity index (χ2v) is 6.53. The van der Waals surface area contributed by atoms with Crippen molar-refractivity contribution in [1.29, 1.82) is 0 Å². The lowest BCUT2D eigenvalue weighted by atomic mass is 9.72. The molecule has 0 atom stereocenters. The standard InChI is InChI=1S/C18H23NO/c1-13(2)14-7-9-18(20,10-8-14)16-11-15-5-3-4-6-17(15)19-12-16/h3-6,11-14,20H,7-10H2,1-2H3. The van der Waals surface area contributed by atoms with Crippen LogP contribution in [0.5, 0.6) is 0 Å². The molecule has 0 spiro atoms. The summed E-state index contributed by atoms with van der Waals surface area (Å²) in [4.78, 5) is 4.50. The summed E-state index contributed by atoms with van der Waals surface area (Å²) in [6.07, 6.45) is 5.80. The lowest BCUT2D eigenvalue weighted by Crippen LogP contribution is -2.33. The average molecular weight is 269 g/mol. The highest BCUT2D eigenvalue weighted by Gasteiger charge is 2.35. The van der Waals surface area contributed by atoms with Crippen LogP contribution in [-0.2, 0) is 5.60 Å². The summed E-state index contributed by atoms with van der Waals surface area (Å²) in [5, 5.41) is 12.1. The molecule has 1 fully saturated rings. The SMILES string of the molecule is CC(C)C1CCC(O)(c2cnc3ccccc3c2)CC1. The van der Waals surface area contributed by atoms with E-state index < -0.39 is 5.60 Å². The van der Waals surface area contributed by atoms with E-state index in [1.807, 2.05) is 24.4 Å². The van der Waals surface area contributed by atoms with E-state index >= 15 is 0 Å². The molecule has 0 aliphatic heterocycles. The van der Waals surface area contributed by atoms with Crippen LogP contribution in [0.15, 0.2) is 36.5 Å².